The summed E-state index contributed by atoms with van der Waals surface area (Å²) in [5, 5.41) is 1.45. The van der Waals surface area contributed by atoms with Gasteiger partial charge in [-0.15, -0.1) is 11.3 Å². The molecule has 1 aliphatic heterocycles. The van der Waals surface area contributed by atoms with Gasteiger partial charge < -0.3 is 5.73 Å². The van der Waals surface area contributed by atoms with Gasteiger partial charge in [-0.3, -0.25) is 4.90 Å². The zero-order valence-electron chi connectivity index (χ0n) is 12.3. The van der Waals surface area contributed by atoms with Crippen LogP contribution in [0.1, 0.15) is 36.6 Å². The molecule has 3 heteroatoms. The first-order chi connectivity index (χ1) is 9.78. The zero-order valence-corrected chi connectivity index (χ0v) is 13.1. The topological polar surface area (TPSA) is 29.3 Å². The van der Waals surface area contributed by atoms with Gasteiger partial charge in [0.15, 0.2) is 0 Å². The maximum absolute atomic E-state index is 6.20. The van der Waals surface area contributed by atoms with Crippen molar-refractivity contribution in [3.05, 3.63) is 34.7 Å². The molecule has 1 aromatic carbocycles. The smallest absolute Gasteiger partial charge is 0.0349 e. The van der Waals surface area contributed by atoms with E-state index in [1.807, 2.05) is 11.3 Å². The van der Waals surface area contributed by atoms with Crippen LogP contribution in [0.15, 0.2) is 24.3 Å². The number of fused-ring (bicyclic) bond motifs is 1. The third-order valence-electron chi connectivity index (χ3n) is 4.33. The number of thiophene rings is 1. The van der Waals surface area contributed by atoms with Crippen molar-refractivity contribution >= 4 is 21.4 Å². The van der Waals surface area contributed by atoms with Crippen molar-refractivity contribution in [3.8, 4) is 0 Å². The molecule has 1 saturated heterocycles. The minimum Gasteiger partial charge on any atom is -0.327 e. The molecule has 0 bridgehead atoms. The summed E-state index contributed by atoms with van der Waals surface area (Å²) in [4.78, 5) is 4.10. The number of hydrogen-bond acceptors (Lipinski definition) is 3. The highest BCUT2D eigenvalue weighted by molar-refractivity contribution is 7.19. The highest BCUT2D eigenvalue weighted by Crippen LogP contribution is 2.33. The largest absolute Gasteiger partial charge is 0.327 e. The molecule has 1 atom stereocenters. The molecule has 0 spiro atoms. The molecule has 2 N–H and O–H groups in total. The molecule has 0 radical (unpaired) electrons. The Bertz CT molecular complexity index is 569. The Balaban J connectivity index is 1.94. The average Bonchev–Trinajstić information content (AvgIpc) is 3.08. The lowest BCUT2D eigenvalue weighted by atomic mass is 10.0. The van der Waals surface area contributed by atoms with Gasteiger partial charge in [0.1, 0.15) is 0 Å². The Kier molecular flexibility index (Phi) is 4.39. The molecule has 108 valence electrons. The molecular weight excluding hydrogens is 264 g/mol. The second-order valence-corrected chi connectivity index (χ2v) is 6.99. The van der Waals surface area contributed by atoms with Gasteiger partial charge in [-0.25, -0.2) is 0 Å². The van der Waals surface area contributed by atoms with E-state index in [9.17, 15) is 0 Å². The predicted octanol–water partition coefficient (Wildman–Crippen LogP) is 3.78. The van der Waals surface area contributed by atoms with Gasteiger partial charge in [0.05, 0.1) is 0 Å². The second-order valence-electron chi connectivity index (χ2n) is 5.86. The summed E-state index contributed by atoms with van der Waals surface area (Å²) in [5.41, 5.74) is 7.74. The molecule has 20 heavy (non-hydrogen) atoms. The maximum atomic E-state index is 6.20. The van der Waals surface area contributed by atoms with E-state index in [1.54, 1.807) is 0 Å². The first kappa shape index (κ1) is 14.1. The first-order valence-electron chi connectivity index (χ1n) is 7.75. The van der Waals surface area contributed by atoms with Crippen LogP contribution in [-0.4, -0.2) is 24.0 Å². The van der Waals surface area contributed by atoms with E-state index in [2.05, 4.69) is 36.1 Å². The predicted molar refractivity (Wildman–Crippen MR) is 88.3 cm³/mol. The Morgan fingerprint density at radius 1 is 1.25 bits per heavy atom. The average molecular weight is 288 g/mol. The molecular formula is C17H24N2S. The van der Waals surface area contributed by atoms with Gasteiger partial charge in [-0.2, -0.15) is 0 Å². The van der Waals surface area contributed by atoms with Crippen molar-refractivity contribution in [2.24, 2.45) is 5.73 Å². The lowest BCUT2D eigenvalue weighted by Gasteiger charge is -2.16. The molecule has 1 unspecified atom stereocenters. The monoisotopic (exact) mass is 288 g/mol. The molecule has 2 aromatic rings. The Morgan fingerprint density at radius 3 is 2.75 bits per heavy atom. The summed E-state index contributed by atoms with van der Waals surface area (Å²) >= 11 is 1.94. The van der Waals surface area contributed by atoms with E-state index < -0.39 is 0 Å². The molecule has 1 aliphatic rings. The van der Waals surface area contributed by atoms with Gasteiger partial charge in [0, 0.05) is 22.2 Å². The number of benzene rings is 1. The SMILES string of the molecule is CCC(N)Cc1sc2ccccc2c1CN1CCCC1. The summed E-state index contributed by atoms with van der Waals surface area (Å²) < 4.78 is 1.42. The lowest BCUT2D eigenvalue weighted by Crippen LogP contribution is -2.23. The lowest BCUT2D eigenvalue weighted by molar-refractivity contribution is 0.332. The minimum atomic E-state index is 0.292. The highest BCUT2D eigenvalue weighted by atomic mass is 32.1. The van der Waals surface area contributed by atoms with E-state index in [1.165, 1.54) is 46.5 Å². The molecule has 2 heterocycles. The molecule has 0 aliphatic carbocycles. The fraction of sp³-hybridized carbons (Fsp3) is 0.529. The van der Waals surface area contributed by atoms with Crippen LogP contribution in [0.4, 0.5) is 0 Å². The minimum absolute atomic E-state index is 0.292. The quantitative estimate of drug-likeness (QED) is 0.907. The van der Waals surface area contributed by atoms with E-state index in [0.29, 0.717) is 6.04 Å². The Labute approximate surface area is 125 Å². The van der Waals surface area contributed by atoms with E-state index in [-0.39, 0.29) is 0 Å². The van der Waals surface area contributed by atoms with Crippen LogP contribution in [-0.2, 0) is 13.0 Å². The highest BCUT2D eigenvalue weighted by Gasteiger charge is 2.18. The van der Waals surface area contributed by atoms with Crippen LogP contribution < -0.4 is 5.73 Å². The summed E-state index contributed by atoms with van der Waals surface area (Å²) in [6.45, 7) is 5.79. The Hall–Kier alpha value is -0.900. The van der Waals surface area contributed by atoms with Crippen molar-refractivity contribution in [1.29, 1.82) is 0 Å². The second kappa shape index (κ2) is 6.25. The standard InChI is InChI=1S/C17H24N2S/c1-2-13(18)11-17-15(12-19-9-5-6-10-19)14-7-3-4-8-16(14)20-17/h3-4,7-8,13H,2,5-6,9-12,18H2,1H3. The number of likely N-dealkylation sites (tertiary alicyclic amines) is 1. The fourth-order valence-corrected chi connectivity index (χ4v) is 4.34. The van der Waals surface area contributed by atoms with Crippen LogP contribution in [0.3, 0.4) is 0 Å². The summed E-state index contributed by atoms with van der Waals surface area (Å²) in [7, 11) is 0. The maximum Gasteiger partial charge on any atom is 0.0349 e. The van der Waals surface area contributed by atoms with Crippen LogP contribution >= 0.6 is 11.3 Å². The van der Waals surface area contributed by atoms with Crippen LogP contribution in [0.5, 0.6) is 0 Å². The number of hydrogen-bond donors (Lipinski definition) is 1. The van der Waals surface area contributed by atoms with Crippen molar-refractivity contribution in [2.75, 3.05) is 13.1 Å². The molecule has 0 saturated carbocycles. The van der Waals surface area contributed by atoms with E-state index >= 15 is 0 Å². The molecule has 2 nitrogen and oxygen atoms in total. The fourth-order valence-electron chi connectivity index (χ4n) is 3.03. The zero-order chi connectivity index (χ0) is 13.9. The number of rotatable bonds is 5. The molecule has 1 fully saturated rings. The van der Waals surface area contributed by atoms with Crippen molar-refractivity contribution < 1.29 is 0 Å². The Morgan fingerprint density at radius 2 is 2.00 bits per heavy atom. The van der Waals surface area contributed by atoms with Crippen molar-refractivity contribution in [2.45, 2.75) is 45.2 Å². The van der Waals surface area contributed by atoms with Gasteiger partial charge in [0.25, 0.3) is 0 Å². The number of nitrogens with two attached hydrogens (primary N) is 1. The van der Waals surface area contributed by atoms with Gasteiger partial charge in [-0.1, -0.05) is 25.1 Å². The van der Waals surface area contributed by atoms with Gasteiger partial charge in [-0.05, 0) is 55.8 Å². The van der Waals surface area contributed by atoms with Crippen molar-refractivity contribution in [3.63, 3.8) is 0 Å². The van der Waals surface area contributed by atoms with E-state index in [4.69, 9.17) is 5.73 Å². The van der Waals surface area contributed by atoms with Crippen LogP contribution in [0.25, 0.3) is 10.1 Å². The molecule has 1 aromatic heterocycles. The summed E-state index contributed by atoms with van der Waals surface area (Å²) in [6, 6.07) is 9.11. The third kappa shape index (κ3) is 2.90. The van der Waals surface area contributed by atoms with E-state index in [0.717, 1.165) is 19.4 Å². The normalized spacial score (nSPS) is 17.9. The van der Waals surface area contributed by atoms with Gasteiger partial charge in [0.2, 0.25) is 0 Å². The van der Waals surface area contributed by atoms with Crippen molar-refractivity contribution in [1.82, 2.24) is 4.90 Å². The molecule has 3 rings (SSSR count). The number of nitrogens with zero attached hydrogens (tertiary/aromatic N) is 1. The van der Waals surface area contributed by atoms with Gasteiger partial charge >= 0.3 is 0 Å². The first-order valence-corrected chi connectivity index (χ1v) is 8.56. The summed E-state index contributed by atoms with van der Waals surface area (Å²) in [6.07, 6.45) is 4.79. The molecule has 0 amide bonds. The third-order valence-corrected chi connectivity index (χ3v) is 5.57. The summed E-state index contributed by atoms with van der Waals surface area (Å²) in [5.74, 6) is 0. The van der Waals surface area contributed by atoms with Crippen LogP contribution in [0.2, 0.25) is 0 Å². The van der Waals surface area contributed by atoms with Crippen LogP contribution in [0, 0.1) is 0 Å².